The first-order valence-corrected chi connectivity index (χ1v) is 12.9. The van der Waals surface area contributed by atoms with E-state index in [1.807, 2.05) is 7.05 Å². The van der Waals surface area contributed by atoms with E-state index >= 15 is 0 Å². The highest BCUT2D eigenvalue weighted by Gasteiger charge is 2.63. The van der Waals surface area contributed by atoms with Gasteiger partial charge in [0.1, 0.15) is 22.8 Å². The van der Waals surface area contributed by atoms with Crippen LogP contribution in [-0.2, 0) is 22.6 Å². The topological polar surface area (TPSA) is 165 Å². The number of nitrogens with zero attached hydrogens (tertiary/aromatic N) is 2. The van der Waals surface area contributed by atoms with E-state index in [4.69, 9.17) is 17.3 Å². The zero-order chi connectivity index (χ0) is 28.4. The summed E-state index contributed by atoms with van der Waals surface area (Å²) in [5.74, 6) is -6.43. The second-order valence-electron chi connectivity index (χ2n) is 11.3. The Morgan fingerprint density at radius 1 is 1.21 bits per heavy atom. The maximum absolute atomic E-state index is 13.7. The van der Waals surface area contributed by atoms with E-state index in [0.29, 0.717) is 28.6 Å². The van der Waals surface area contributed by atoms with Crippen LogP contribution in [0.15, 0.2) is 28.7 Å². The number of primary amides is 1. The summed E-state index contributed by atoms with van der Waals surface area (Å²) in [6, 6.07) is 0.383. The van der Waals surface area contributed by atoms with Crippen molar-refractivity contribution < 1.29 is 34.8 Å². The van der Waals surface area contributed by atoms with Crippen molar-refractivity contribution in [3.05, 3.63) is 50.4 Å². The Morgan fingerprint density at radius 3 is 2.39 bits per heavy atom. The molecule has 10 nitrogen and oxygen atoms in total. The number of ketones is 2. The minimum Gasteiger partial charge on any atom is -0.510 e. The average Bonchev–Trinajstić information content (AvgIpc) is 2.78. The lowest BCUT2D eigenvalue weighted by molar-refractivity contribution is -0.148. The summed E-state index contributed by atoms with van der Waals surface area (Å²) < 4.78 is 0. The van der Waals surface area contributed by atoms with E-state index in [0.717, 1.165) is 6.54 Å². The number of phenolic OH excluding ortho intramolecular Hbond substituents is 1. The molecule has 4 rings (SSSR count). The Bertz CT molecular complexity index is 1300. The lowest BCUT2D eigenvalue weighted by Gasteiger charge is -2.50. The molecule has 0 aromatic heterocycles. The molecule has 0 spiro atoms. The van der Waals surface area contributed by atoms with E-state index in [1.165, 1.54) is 11.0 Å². The van der Waals surface area contributed by atoms with Gasteiger partial charge in [-0.25, -0.2) is 0 Å². The molecule has 3 aliphatic carbocycles. The molecule has 6 N–H and O–H groups in total. The van der Waals surface area contributed by atoms with Crippen LogP contribution in [0.2, 0.25) is 5.02 Å². The zero-order valence-corrected chi connectivity index (χ0v) is 22.8. The lowest BCUT2D eigenvalue weighted by Crippen LogP contribution is -2.63. The third kappa shape index (κ3) is 4.10. The maximum Gasteiger partial charge on any atom is 0.255 e. The fraction of sp³-hybridized carbons (Fsp3) is 0.519. The van der Waals surface area contributed by atoms with Gasteiger partial charge in [0.15, 0.2) is 11.4 Å². The number of aliphatic hydroxyl groups excluding tert-OH is 2. The van der Waals surface area contributed by atoms with E-state index in [1.54, 1.807) is 14.1 Å². The number of aromatic hydroxyl groups is 1. The van der Waals surface area contributed by atoms with Gasteiger partial charge in [0.2, 0.25) is 5.78 Å². The molecule has 0 heterocycles. The molecule has 1 aromatic carbocycles. The maximum atomic E-state index is 13.7. The van der Waals surface area contributed by atoms with Crippen molar-refractivity contribution >= 4 is 29.1 Å². The summed E-state index contributed by atoms with van der Waals surface area (Å²) in [5, 5.41) is 45.0. The first-order chi connectivity index (χ1) is 17.6. The van der Waals surface area contributed by atoms with Gasteiger partial charge in [0.05, 0.1) is 11.6 Å². The van der Waals surface area contributed by atoms with Gasteiger partial charge < -0.3 is 31.1 Å². The number of rotatable bonds is 6. The smallest absolute Gasteiger partial charge is 0.255 e. The monoisotopic (exact) mass is 547 g/mol. The van der Waals surface area contributed by atoms with Crippen LogP contribution in [-0.4, -0.2) is 87.0 Å². The van der Waals surface area contributed by atoms with Gasteiger partial charge in [-0.3, -0.25) is 19.3 Å². The summed E-state index contributed by atoms with van der Waals surface area (Å²) in [6.07, 6.45) is 0.170. The quantitative estimate of drug-likeness (QED) is 0.334. The molecular formula is C27H34ClN3O7. The highest BCUT2D eigenvalue weighted by atomic mass is 35.5. The fourth-order valence-corrected chi connectivity index (χ4v) is 6.73. The number of carbonyl (C=O) groups is 3. The minimum atomic E-state index is -2.66. The van der Waals surface area contributed by atoms with Gasteiger partial charge >= 0.3 is 0 Å². The molecule has 3 aliphatic rings. The predicted octanol–water partition coefficient (Wildman–Crippen LogP) is 1.86. The Kier molecular flexibility index (Phi) is 7.15. The number of fused-ring (bicyclic) bond motifs is 3. The lowest BCUT2D eigenvalue weighted by atomic mass is 9.58. The number of phenols is 1. The zero-order valence-electron chi connectivity index (χ0n) is 22.1. The van der Waals surface area contributed by atoms with E-state index in [9.17, 15) is 34.8 Å². The number of nitrogens with two attached hydrogens (primary N) is 1. The third-order valence-corrected chi connectivity index (χ3v) is 8.32. The minimum absolute atomic E-state index is 0.0142. The molecule has 4 atom stereocenters. The Labute approximate surface area is 226 Å². The van der Waals surface area contributed by atoms with Crippen molar-refractivity contribution in [1.82, 2.24) is 9.80 Å². The van der Waals surface area contributed by atoms with Crippen LogP contribution in [0, 0.1) is 17.8 Å². The molecule has 0 bridgehead atoms. The Balaban J connectivity index is 1.86. The molecule has 0 radical (unpaired) electrons. The summed E-state index contributed by atoms with van der Waals surface area (Å²) in [7, 11) is 5.10. The average molecular weight is 548 g/mol. The number of aliphatic hydroxyl groups is 3. The van der Waals surface area contributed by atoms with Crippen LogP contribution in [0.5, 0.6) is 5.75 Å². The molecule has 38 heavy (non-hydrogen) atoms. The molecule has 11 heteroatoms. The predicted molar refractivity (Wildman–Crippen MR) is 140 cm³/mol. The number of amides is 1. The van der Waals surface area contributed by atoms with Gasteiger partial charge in [-0.2, -0.15) is 0 Å². The van der Waals surface area contributed by atoms with E-state index < -0.39 is 58.0 Å². The highest BCUT2D eigenvalue weighted by Crippen LogP contribution is 2.53. The molecule has 1 amide bonds. The standard InChI is InChI=1S/C27H34ClN3O7/c1-11(2)9-31(5)10-13-8-16(32)18-14(20(13)28)6-12-7-15-21(30(3)4)23(34)19(26(29)37)25(36)27(15,38)24(35)17(12)22(18)33/h8,11-12,15,21,32,34-35,38H,6-7,9-10H2,1-5H3,(H2,29,37)/t12-,15-,21-,27?/m0/s1. The van der Waals surface area contributed by atoms with Gasteiger partial charge in [-0.05, 0) is 63.0 Å². The van der Waals surface area contributed by atoms with E-state index in [-0.39, 0.29) is 29.7 Å². The third-order valence-electron chi connectivity index (χ3n) is 7.85. The van der Waals surface area contributed by atoms with Crippen molar-refractivity contribution in [3.63, 3.8) is 0 Å². The van der Waals surface area contributed by atoms with Crippen LogP contribution >= 0.6 is 11.6 Å². The molecular weight excluding hydrogens is 514 g/mol. The molecule has 1 aromatic rings. The van der Waals surface area contributed by atoms with E-state index in [2.05, 4.69) is 18.7 Å². The SMILES string of the molecule is CC(C)CN(C)Cc1cc(O)c2c(c1Cl)C[C@H]1C[C@H]3[C@H](N(C)C)C(O)=C(C(N)=O)C(=O)C3(O)C(O)=C1C2=O. The van der Waals surface area contributed by atoms with Gasteiger partial charge in [-0.15, -0.1) is 0 Å². The first-order valence-electron chi connectivity index (χ1n) is 12.5. The Hall–Kier alpha value is -2.92. The summed E-state index contributed by atoms with van der Waals surface area (Å²) >= 11 is 6.78. The van der Waals surface area contributed by atoms with Crippen molar-refractivity contribution in [2.45, 2.75) is 44.9 Å². The number of halogens is 1. The van der Waals surface area contributed by atoms with Crippen LogP contribution in [0.4, 0.5) is 0 Å². The first kappa shape index (κ1) is 28.1. The molecule has 1 unspecified atom stereocenters. The molecule has 206 valence electrons. The fourth-order valence-electron chi connectivity index (χ4n) is 6.45. The van der Waals surface area contributed by atoms with Crippen LogP contribution in [0.25, 0.3) is 0 Å². The number of allylic oxidation sites excluding steroid dienone is 1. The number of hydrogen-bond donors (Lipinski definition) is 5. The van der Waals surface area contributed by atoms with Crippen LogP contribution in [0.3, 0.4) is 0 Å². The van der Waals surface area contributed by atoms with Gasteiger partial charge in [-0.1, -0.05) is 25.4 Å². The van der Waals surface area contributed by atoms with Crippen LogP contribution in [0.1, 0.15) is 41.8 Å². The number of likely N-dealkylation sites (N-methyl/N-ethyl adjacent to an activating group) is 1. The van der Waals surface area contributed by atoms with Crippen molar-refractivity contribution in [3.8, 4) is 5.75 Å². The normalized spacial score (nSPS) is 27.3. The second-order valence-corrected chi connectivity index (χ2v) is 11.7. The van der Waals surface area contributed by atoms with Crippen molar-refractivity contribution in [2.75, 3.05) is 27.7 Å². The van der Waals surface area contributed by atoms with Crippen LogP contribution < -0.4 is 5.73 Å². The number of Topliss-reactive ketones (excluding diaryl/α,β-unsaturated/α-hetero) is 2. The number of benzene rings is 1. The largest absolute Gasteiger partial charge is 0.510 e. The summed E-state index contributed by atoms with van der Waals surface area (Å²) in [5.41, 5.74) is 2.63. The molecule has 0 saturated heterocycles. The number of hydrogen-bond acceptors (Lipinski definition) is 9. The second kappa shape index (κ2) is 9.68. The van der Waals surface area contributed by atoms with Gasteiger partial charge in [0, 0.05) is 29.6 Å². The van der Waals surface area contributed by atoms with Gasteiger partial charge in [0.25, 0.3) is 5.91 Å². The molecule has 0 fully saturated rings. The summed E-state index contributed by atoms with van der Waals surface area (Å²) in [6.45, 7) is 5.41. The molecule has 0 aliphatic heterocycles. The van der Waals surface area contributed by atoms with Crippen molar-refractivity contribution in [2.24, 2.45) is 23.5 Å². The highest BCUT2D eigenvalue weighted by molar-refractivity contribution is 6.33. The molecule has 0 saturated carbocycles. The Morgan fingerprint density at radius 2 is 1.84 bits per heavy atom. The van der Waals surface area contributed by atoms with Crippen molar-refractivity contribution in [1.29, 1.82) is 0 Å². The summed E-state index contributed by atoms with van der Waals surface area (Å²) in [4.78, 5) is 42.6. The number of carbonyl (C=O) groups excluding carboxylic acids is 3.